The van der Waals surface area contributed by atoms with Crippen molar-refractivity contribution < 1.29 is 4.52 Å². The molecule has 1 aromatic heterocycles. The van der Waals surface area contributed by atoms with E-state index in [4.69, 9.17) is 4.52 Å². The molecule has 2 N–H and O–H groups in total. The molecule has 0 aliphatic carbocycles. The lowest BCUT2D eigenvalue weighted by Gasteiger charge is -2.32. The summed E-state index contributed by atoms with van der Waals surface area (Å²) in [6.45, 7) is 11.9. The maximum atomic E-state index is 5.47. The quantitative estimate of drug-likeness (QED) is 0.520. The first-order valence-corrected chi connectivity index (χ1v) is 10.3. The van der Waals surface area contributed by atoms with E-state index in [1.165, 1.54) is 38.9 Å². The van der Waals surface area contributed by atoms with E-state index < -0.39 is 0 Å². The van der Waals surface area contributed by atoms with Gasteiger partial charge in [0, 0.05) is 25.6 Å². The fourth-order valence-corrected chi connectivity index (χ4v) is 3.67. The summed E-state index contributed by atoms with van der Waals surface area (Å²) in [5.41, 5.74) is 1.06. The number of rotatable bonds is 9. The third kappa shape index (κ3) is 6.31. The Kier molecular flexibility index (Phi) is 8.95. The second-order valence-corrected chi connectivity index (χ2v) is 7.32. The Hall–Kier alpha value is -1.56. The molecule has 6 nitrogen and oxygen atoms in total. The zero-order valence-electron chi connectivity index (χ0n) is 17.1. The Morgan fingerprint density at radius 2 is 2.00 bits per heavy atom. The predicted octanol–water partition coefficient (Wildman–Crippen LogP) is 3.37. The van der Waals surface area contributed by atoms with Gasteiger partial charge in [-0.15, -0.1) is 0 Å². The van der Waals surface area contributed by atoms with Crippen LogP contribution < -0.4 is 10.6 Å². The Bertz CT molecular complexity index is 530. The smallest absolute Gasteiger partial charge is 0.191 e. The first-order chi connectivity index (χ1) is 12.7. The number of likely N-dealkylation sites (tertiary alicyclic amines) is 1. The van der Waals surface area contributed by atoms with E-state index in [2.05, 4.69) is 52.5 Å². The first-order valence-electron chi connectivity index (χ1n) is 10.3. The second-order valence-electron chi connectivity index (χ2n) is 7.32. The summed E-state index contributed by atoms with van der Waals surface area (Å²) in [6.07, 6.45) is 5.97. The third-order valence-electron chi connectivity index (χ3n) is 5.44. The molecule has 0 radical (unpaired) electrons. The number of piperidine rings is 1. The molecular formula is C20H37N5O. The van der Waals surface area contributed by atoms with Crippen molar-refractivity contribution in [3.63, 3.8) is 0 Å². The van der Waals surface area contributed by atoms with E-state index in [-0.39, 0.29) is 0 Å². The normalized spacial score (nSPS) is 17.0. The van der Waals surface area contributed by atoms with Crippen molar-refractivity contribution in [3.8, 4) is 0 Å². The van der Waals surface area contributed by atoms with Crippen LogP contribution in [0.25, 0.3) is 0 Å². The number of hydrogen-bond acceptors (Lipinski definition) is 4. The minimum absolute atomic E-state index is 0.489. The van der Waals surface area contributed by atoms with Gasteiger partial charge in [-0.3, -0.25) is 4.99 Å². The fourth-order valence-electron chi connectivity index (χ4n) is 3.67. The minimum atomic E-state index is 0.489. The Morgan fingerprint density at radius 1 is 1.27 bits per heavy atom. The van der Waals surface area contributed by atoms with E-state index in [9.17, 15) is 0 Å². The lowest BCUT2D eigenvalue weighted by molar-refractivity contribution is 0.185. The molecule has 1 fully saturated rings. The van der Waals surface area contributed by atoms with Gasteiger partial charge in [-0.2, -0.15) is 0 Å². The maximum absolute atomic E-state index is 5.47. The highest BCUT2D eigenvalue weighted by Gasteiger charge is 2.19. The van der Waals surface area contributed by atoms with Gasteiger partial charge in [0.15, 0.2) is 11.7 Å². The molecule has 0 unspecified atom stereocenters. The highest BCUT2D eigenvalue weighted by molar-refractivity contribution is 5.79. The van der Waals surface area contributed by atoms with Crippen molar-refractivity contribution in [2.45, 2.75) is 65.3 Å². The topological polar surface area (TPSA) is 65.7 Å². The van der Waals surface area contributed by atoms with Gasteiger partial charge in [-0.05, 0) is 57.7 Å². The van der Waals surface area contributed by atoms with Crippen molar-refractivity contribution >= 4 is 5.96 Å². The average molecular weight is 364 g/mol. The second kappa shape index (κ2) is 11.2. The predicted molar refractivity (Wildman–Crippen MR) is 107 cm³/mol. The molecule has 1 aliphatic heterocycles. The van der Waals surface area contributed by atoms with Crippen molar-refractivity contribution in [3.05, 3.63) is 17.5 Å². The molecule has 0 aromatic carbocycles. The lowest BCUT2D eigenvalue weighted by Crippen LogP contribution is -2.42. The van der Waals surface area contributed by atoms with Crippen LogP contribution in [0.2, 0.25) is 0 Å². The van der Waals surface area contributed by atoms with Crippen LogP contribution in [0.5, 0.6) is 0 Å². The van der Waals surface area contributed by atoms with Crippen molar-refractivity contribution in [2.75, 3.05) is 33.2 Å². The Balaban J connectivity index is 1.71. The van der Waals surface area contributed by atoms with Crippen LogP contribution in [0, 0.1) is 5.92 Å². The minimum Gasteiger partial charge on any atom is -0.359 e. The standard InChI is InChI=1S/C20H37N5O/c1-5-10-25-11-8-16(9-12-25)14-22-20(21-4)23-15-18-13-19(24-26-18)17(6-2)7-3/h13,16-17H,5-12,14-15H2,1-4H3,(H2,21,22,23). The molecule has 0 spiro atoms. The average Bonchev–Trinajstić information content (AvgIpc) is 3.13. The Labute approximate surface area is 158 Å². The zero-order valence-corrected chi connectivity index (χ0v) is 17.1. The van der Waals surface area contributed by atoms with Gasteiger partial charge in [0.1, 0.15) is 0 Å². The van der Waals surface area contributed by atoms with E-state index in [0.717, 1.165) is 42.7 Å². The van der Waals surface area contributed by atoms with E-state index in [1.54, 1.807) is 0 Å². The van der Waals surface area contributed by atoms with Crippen molar-refractivity contribution in [1.82, 2.24) is 20.7 Å². The van der Waals surface area contributed by atoms with E-state index in [0.29, 0.717) is 12.5 Å². The van der Waals surface area contributed by atoms with Crippen LogP contribution in [-0.4, -0.2) is 49.2 Å². The molecule has 0 atom stereocenters. The van der Waals surface area contributed by atoms with Crippen LogP contribution in [0.4, 0.5) is 0 Å². The molecule has 0 amide bonds. The number of nitrogens with zero attached hydrogens (tertiary/aromatic N) is 3. The molecule has 1 saturated heterocycles. The lowest BCUT2D eigenvalue weighted by atomic mass is 9.97. The van der Waals surface area contributed by atoms with Crippen LogP contribution in [-0.2, 0) is 6.54 Å². The first kappa shape index (κ1) is 20.7. The van der Waals surface area contributed by atoms with E-state index in [1.807, 2.05) is 7.05 Å². The number of aliphatic imine (C=N–C) groups is 1. The van der Waals surface area contributed by atoms with Crippen LogP contribution in [0.3, 0.4) is 0 Å². The molecule has 2 rings (SSSR count). The number of aromatic nitrogens is 1. The molecule has 0 bridgehead atoms. The van der Waals surface area contributed by atoms with Gasteiger partial charge >= 0.3 is 0 Å². The van der Waals surface area contributed by atoms with Gasteiger partial charge in [0.2, 0.25) is 0 Å². The number of hydrogen-bond donors (Lipinski definition) is 2. The highest BCUT2D eigenvalue weighted by atomic mass is 16.5. The summed E-state index contributed by atoms with van der Waals surface area (Å²) in [5, 5.41) is 11.0. The summed E-state index contributed by atoms with van der Waals surface area (Å²) in [7, 11) is 1.81. The zero-order chi connectivity index (χ0) is 18.8. The molecule has 26 heavy (non-hydrogen) atoms. The number of guanidine groups is 1. The SMILES string of the molecule is CCCN1CCC(CNC(=NC)NCc2cc(C(CC)CC)no2)CC1. The maximum Gasteiger partial charge on any atom is 0.191 e. The van der Waals surface area contributed by atoms with Crippen molar-refractivity contribution in [2.24, 2.45) is 10.9 Å². The van der Waals surface area contributed by atoms with Gasteiger partial charge in [0.25, 0.3) is 0 Å². The van der Waals surface area contributed by atoms with Gasteiger partial charge in [-0.25, -0.2) is 0 Å². The van der Waals surface area contributed by atoms with Gasteiger partial charge in [0.05, 0.1) is 12.2 Å². The molecular weight excluding hydrogens is 326 g/mol. The third-order valence-corrected chi connectivity index (χ3v) is 5.44. The van der Waals surface area contributed by atoms with Crippen molar-refractivity contribution in [1.29, 1.82) is 0 Å². The van der Waals surface area contributed by atoms with Gasteiger partial charge in [-0.1, -0.05) is 25.9 Å². The molecule has 2 heterocycles. The van der Waals surface area contributed by atoms with Gasteiger partial charge < -0.3 is 20.1 Å². The summed E-state index contributed by atoms with van der Waals surface area (Å²) >= 11 is 0. The summed E-state index contributed by atoms with van der Waals surface area (Å²) in [5.74, 6) is 2.92. The fraction of sp³-hybridized carbons (Fsp3) is 0.800. The summed E-state index contributed by atoms with van der Waals surface area (Å²) < 4.78 is 5.47. The molecule has 1 aliphatic rings. The number of nitrogens with one attached hydrogen (secondary N) is 2. The monoisotopic (exact) mass is 363 g/mol. The Morgan fingerprint density at radius 3 is 2.62 bits per heavy atom. The highest BCUT2D eigenvalue weighted by Crippen LogP contribution is 2.22. The largest absolute Gasteiger partial charge is 0.359 e. The van der Waals surface area contributed by atoms with E-state index >= 15 is 0 Å². The van der Waals surface area contributed by atoms with Crippen LogP contribution >= 0.6 is 0 Å². The summed E-state index contributed by atoms with van der Waals surface area (Å²) in [6, 6.07) is 2.07. The molecule has 148 valence electrons. The van der Waals surface area contributed by atoms with Crippen LogP contribution in [0.15, 0.2) is 15.6 Å². The molecule has 0 saturated carbocycles. The molecule has 6 heteroatoms. The molecule has 1 aromatic rings. The van der Waals surface area contributed by atoms with Crippen LogP contribution in [0.1, 0.15) is 70.2 Å². The summed E-state index contributed by atoms with van der Waals surface area (Å²) in [4.78, 5) is 6.90.